The van der Waals surface area contributed by atoms with E-state index in [1.807, 2.05) is 18.2 Å². The molecule has 0 aromatic heterocycles. The number of anilines is 1. The van der Waals surface area contributed by atoms with Gasteiger partial charge in [0.05, 0.1) is 18.8 Å². The molecule has 1 saturated carbocycles. The quantitative estimate of drug-likeness (QED) is 0.345. The van der Waals surface area contributed by atoms with Crippen molar-refractivity contribution in [3.63, 3.8) is 0 Å². The van der Waals surface area contributed by atoms with Gasteiger partial charge in [-0.1, -0.05) is 15.9 Å². The van der Waals surface area contributed by atoms with Gasteiger partial charge >= 0.3 is 0 Å². The molecule has 4 N–H and O–H groups in total. The second-order valence-electron chi connectivity index (χ2n) is 3.82. The molecule has 1 aliphatic carbocycles. The Labute approximate surface area is 109 Å². The molecule has 1 aromatic rings. The summed E-state index contributed by atoms with van der Waals surface area (Å²) in [5.41, 5.74) is 3.38. The number of guanidine groups is 1. The van der Waals surface area contributed by atoms with E-state index in [0.717, 1.165) is 28.8 Å². The van der Waals surface area contributed by atoms with Crippen LogP contribution in [0.3, 0.4) is 0 Å². The molecule has 0 unspecified atom stereocenters. The fourth-order valence-electron chi connectivity index (χ4n) is 1.40. The summed E-state index contributed by atoms with van der Waals surface area (Å²) in [5.74, 6) is 6.73. The molecule has 0 heterocycles. The molecule has 1 aromatic carbocycles. The average molecular weight is 299 g/mol. The molecule has 17 heavy (non-hydrogen) atoms. The number of nitrogens with one attached hydrogen (secondary N) is 2. The summed E-state index contributed by atoms with van der Waals surface area (Å²) >= 11 is 3.41. The number of methoxy groups -OCH3 is 1. The topological polar surface area (TPSA) is 71.7 Å². The third-order valence-electron chi connectivity index (χ3n) is 2.41. The van der Waals surface area contributed by atoms with Crippen molar-refractivity contribution >= 4 is 27.6 Å². The van der Waals surface area contributed by atoms with Crippen molar-refractivity contribution < 1.29 is 4.74 Å². The highest BCUT2D eigenvalue weighted by Crippen LogP contribution is 2.28. The first-order chi connectivity index (χ1) is 8.22. The molecule has 0 saturated heterocycles. The summed E-state index contributed by atoms with van der Waals surface area (Å²) in [6.45, 7) is 0. The van der Waals surface area contributed by atoms with E-state index in [4.69, 9.17) is 10.6 Å². The number of hydrogen-bond acceptors (Lipinski definition) is 3. The molecule has 1 aliphatic rings. The Morgan fingerprint density at radius 1 is 1.53 bits per heavy atom. The number of nitrogens with zero attached hydrogens (tertiary/aromatic N) is 1. The SMILES string of the molecule is COc1ccc(Br)cc1NC(=NC1CC1)NN. The molecular weight excluding hydrogens is 284 g/mol. The van der Waals surface area contributed by atoms with Gasteiger partial charge in [-0.05, 0) is 31.0 Å². The number of nitrogens with two attached hydrogens (primary N) is 1. The van der Waals surface area contributed by atoms with Crippen molar-refractivity contribution in [1.82, 2.24) is 5.43 Å². The average Bonchev–Trinajstić information content (AvgIpc) is 3.12. The predicted octanol–water partition coefficient (Wildman–Crippen LogP) is 1.85. The normalized spacial score (nSPS) is 15.6. The van der Waals surface area contributed by atoms with Crippen LogP contribution >= 0.6 is 15.9 Å². The molecule has 92 valence electrons. The number of ether oxygens (including phenoxy) is 1. The molecule has 0 bridgehead atoms. The zero-order valence-electron chi connectivity index (χ0n) is 9.53. The molecule has 0 atom stereocenters. The summed E-state index contributed by atoms with van der Waals surface area (Å²) in [7, 11) is 1.63. The number of hydrogen-bond donors (Lipinski definition) is 3. The van der Waals surface area contributed by atoms with Gasteiger partial charge in [0, 0.05) is 4.47 Å². The molecule has 6 heteroatoms. The van der Waals surface area contributed by atoms with Crippen LogP contribution < -0.4 is 21.3 Å². The lowest BCUT2D eigenvalue weighted by Gasteiger charge is -2.12. The number of rotatable bonds is 3. The Morgan fingerprint density at radius 2 is 2.29 bits per heavy atom. The van der Waals surface area contributed by atoms with Gasteiger partial charge in [0.15, 0.2) is 0 Å². The summed E-state index contributed by atoms with van der Waals surface area (Å²) in [4.78, 5) is 4.41. The van der Waals surface area contributed by atoms with Gasteiger partial charge in [-0.25, -0.2) is 10.8 Å². The lowest BCUT2D eigenvalue weighted by molar-refractivity contribution is 0.417. The Balaban J connectivity index is 2.17. The van der Waals surface area contributed by atoms with E-state index in [-0.39, 0.29) is 0 Å². The Hall–Kier alpha value is -1.27. The molecule has 2 rings (SSSR count). The van der Waals surface area contributed by atoms with Crippen LogP contribution in [0.1, 0.15) is 12.8 Å². The Bertz CT molecular complexity index is 431. The smallest absolute Gasteiger partial charge is 0.210 e. The predicted molar refractivity (Wildman–Crippen MR) is 72.1 cm³/mol. The minimum absolute atomic E-state index is 0.395. The first-order valence-electron chi connectivity index (χ1n) is 5.38. The van der Waals surface area contributed by atoms with Crippen molar-refractivity contribution in [2.45, 2.75) is 18.9 Å². The molecule has 0 radical (unpaired) electrons. The van der Waals surface area contributed by atoms with Crippen LogP contribution in [-0.4, -0.2) is 19.1 Å². The minimum Gasteiger partial charge on any atom is -0.495 e. The van der Waals surface area contributed by atoms with Crippen molar-refractivity contribution in [2.75, 3.05) is 12.4 Å². The number of aliphatic imine (C=N–C) groups is 1. The van der Waals surface area contributed by atoms with Gasteiger partial charge in [0.1, 0.15) is 5.75 Å². The second kappa shape index (κ2) is 5.37. The first-order valence-corrected chi connectivity index (χ1v) is 6.17. The zero-order valence-corrected chi connectivity index (χ0v) is 11.1. The van der Waals surface area contributed by atoms with Gasteiger partial charge in [0.25, 0.3) is 0 Å². The third-order valence-corrected chi connectivity index (χ3v) is 2.90. The summed E-state index contributed by atoms with van der Waals surface area (Å²) in [5, 5.41) is 3.12. The highest BCUT2D eigenvalue weighted by Gasteiger charge is 2.21. The van der Waals surface area contributed by atoms with Gasteiger partial charge in [-0.15, -0.1) is 0 Å². The van der Waals surface area contributed by atoms with Gasteiger partial charge in [-0.3, -0.25) is 5.43 Å². The molecule has 0 amide bonds. The number of halogens is 1. The Morgan fingerprint density at radius 3 is 2.88 bits per heavy atom. The van der Waals surface area contributed by atoms with Crippen LogP contribution in [0.15, 0.2) is 27.7 Å². The zero-order chi connectivity index (χ0) is 12.3. The summed E-state index contributed by atoms with van der Waals surface area (Å²) in [6.07, 6.45) is 2.25. The lowest BCUT2D eigenvalue weighted by atomic mass is 10.3. The van der Waals surface area contributed by atoms with Crippen LogP contribution in [0.5, 0.6) is 5.75 Å². The summed E-state index contributed by atoms with van der Waals surface area (Å²) in [6, 6.07) is 6.10. The van der Waals surface area contributed by atoms with E-state index in [9.17, 15) is 0 Å². The van der Waals surface area contributed by atoms with E-state index < -0.39 is 0 Å². The van der Waals surface area contributed by atoms with Crippen LogP contribution in [0.25, 0.3) is 0 Å². The lowest BCUT2D eigenvalue weighted by Crippen LogP contribution is -2.36. The number of hydrazine groups is 1. The van der Waals surface area contributed by atoms with Crippen LogP contribution in [0.4, 0.5) is 5.69 Å². The maximum absolute atomic E-state index is 5.43. The molecular formula is C11H15BrN4O. The fraction of sp³-hybridized carbons (Fsp3) is 0.364. The van der Waals surface area contributed by atoms with E-state index in [1.54, 1.807) is 7.11 Å². The second-order valence-corrected chi connectivity index (χ2v) is 4.74. The standard InChI is InChI=1S/C11H15BrN4O/c1-17-10-5-2-7(12)6-9(10)15-11(16-13)14-8-3-4-8/h2,5-6,8H,3-4,13H2,1H3,(H2,14,15,16). The van der Waals surface area contributed by atoms with E-state index in [1.165, 1.54) is 0 Å². The van der Waals surface area contributed by atoms with Gasteiger partial charge < -0.3 is 10.1 Å². The minimum atomic E-state index is 0.395. The van der Waals surface area contributed by atoms with Crippen LogP contribution in [0, 0.1) is 0 Å². The fourth-order valence-corrected chi connectivity index (χ4v) is 1.76. The summed E-state index contributed by atoms with van der Waals surface area (Å²) < 4.78 is 6.22. The molecule has 1 fully saturated rings. The van der Waals surface area contributed by atoms with Gasteiger partial charge in [0.2, 0.25) is 5.96 Å². The molecule has 0 spiro atoms. The van der Waals surface area contributed by atoms with Crippen LogP contribution in [-0.2, 0) is 0 Å². The number of benzene rings is 1. The largest absolute Gasteiger partial charge is 0.495 e. The highest BCUT2D eigenvalue weighted by atomic mass is 79.9. The van der Waals surface area contributed by atoms with Crippen molar-refractivity contribution in [3.8, 4) is 5.75 Å². The van der Waals surface area contributed by atoms with Crippen molar-refractivity contribution in [2.24, 2.45) is 10.8 Å². The third kappa shape index (κ3) is 3.34. The molecule has 0 aliphatic heterocycles. The maximum atomic E-state index is 5.43. The first kappa shape index (κ1) is 12.2. The van der Waals surface area contributed by atoms with E-state index >= 15 is 0 Å². The van der Waals surface area contributed by atoms with Crippen molar-refractivity contribution in [1.29, 1.82) is 0 Å². The van der Waals surface area contributed by atoms with Crippen molar-refractivity contribution in [3.05, 3.63) is 22.7 Å². The van der Waals surface area contributed by atoms with E-state index in [2.05, 4.69) is 31.7 Å². The monoisotopic (exact) mass is 298 g/mol. The maximum Gasteiger partial charge on any atom is 0.210 e. The van der Waals surface area contributed by atoms with E-state index in [0.29, 0.717) is 12.0 Å². The molecule has 5 nitrogen and oxygen atoms in total. The Kier molecular flexibility index (Phi) is 3.86. The van der Waals surface area contributed by atoms with Crippen LogP contribution in [0.2, 0.25) is 0 Å². The van der Waals surface area contributed by atoms with Gasteiger partial charge in [-0.2, -0.15) is 0 Å². The highest BCUT2D eigenvalue weighted by molar-refractivity contribution is 9.10.